The van der Waals surface area contributed by atoms with E-state index in [1.165, 1.54) is 30.3 Å². The molecule has 160 valence electrons. The number of nitrogens with one attached hydrogen (secondary N) is 1. The summed E-state index contributed by atoms with van der Waals surface area (Å²) in [5, 5.41) is 3.42. The van der Waals surface area contributed by atoms with E-state index in [1.54, 1.807) is 36.4 Å². The zero-order valence-corrected chi connectivity index (χ0v) is 18.2. The molecule has 0 aliphatic carbocycles. The lowest BCUT2D eigenvalue weighted by Crippen LogP contribution is -2.38. The number of benzene rings is 3. The third kappa shape index (κ3) is 4.71. The molecule has 0 unspecified atom stereocenters. The minimum atomic E-state index is -4.07. The normalized spacial score (nSPS) is 12.5. The average Bonchev–Trinajstić information content (AvgIpc) is 3.20. The van der Waals surface area contributed by atoms with Gasteiger partial charge in [-0.1, -0.05) is 29.3 Å². The van der Waals surface area contributed by atoms with Crippen LogP contribution in [0.3, 0.4) is 0 Å². The fourth-order valence-corrected chi connectivity index (χ4v) is 4.71. The SMILES string of the molecule is O=C(CN(c1cccc(Cl)c1)S(=O)(=O)c1ccc(Cl)cc1)Nc1ccc2c(c1)OCO2. The van der Waals surface area contributed by atoms with Gasteiger partial charge in [-0.05, 0) is 54.6 Å². The Morgan fingerprint density at radius 1 is 0.935 bits per heavy atom. The average molecular weight is 479 g/mol. The quantitative estimate of drug-likeness (QED) is 0.561. The Kier molecular flexibility index (Phi) is 5.95. The predicted octanol–water partition coefficient (Wildman–Crippen LogP) is 4.56. The number of nitrogens with zero attached hydrogens (tertiary/aromatic N) is 1. The molecule has 31 heavy (non-hydrogen) atoms. The summed E-state index contributed by atoms with van der Waals surface area (Å²) < 4.78 is 38.2. The highest BCUT2D eigenvalue weighted by Gasteiger charge is 2.27. The zero-order valence-electron chi connectivity index (χ0n) is 15.9. The van der Waals surface area contributed by atoms with E-state index < -0.39 is 22.5 Å². The second-order valence-electron chi connectivity index (χ2n) is 6.56. The number of hydrogen-bond donors (Lipinski definition) is 1. The standard InChI is InChI=1S/C21H16Cl2N2O5S/c22-14-4-7-18(8-5-14)31(27,28)25(17-3-1-2-15(23)10-17)12-21(26)24-16-6-9-19-20(11-16)30-13-29-19/h1-11H,12-13H2,(H,24,26). The first kappa shape index (κ1) is 21.3. The molecular formula is C21H16Cl2N2O5S. The van der Waals surface area contributed by atoms with Crippen LogP contribution in [0.15, 0.2) is 71.6 Å². The third-order valence-electron chi connectivity index (χ3n) is 4.44. The van der Waals surface area contributed by atoms with Gasteiger partial charge in [0.15, 0.2) is 11.5 Å². The second-order valence-corrected chi connectivity index (χ2v) is 9.30. The van der Waals surface area contributed by atoms with Gasteiger partial charge < -0.3 is 14.8 Å². The summed E-state index contributed by atoms with van der Waals surface area (Å²) in [6.07, 6.45) is 0. The summed E-state index contributed by atoms with van der Waals surface area (Å²) in [7, 11) is -4.07. The van der Waals surface area contributed by atoms with Gasteiger partial charge in [-0.15, -0.1) is 0 Å². The fourth-order valence-electron chi connectivity index (χ4n) is 2.99. The predicted molar refractivity (Wildman–Crippen MR) is 119 cm³/mol. The molecule has 0 atom stereocenters. The number of sulfonamides is 1. The van der Waals surface area contributed by atoms with Crippen molar-refractivity contribution in [2.75, 3.05) is 23.0 Å². The van der Waals surface area contributed by atoms with Gasteiger partial charge in [-0.25, -0.2) is 8.42 Å². The molecule has 7 nitrogen and oxygen atoms in total. The summed E-state index contributed by atoms with van der Waals surface area (Å²) in [5.74, 6) is 0.526. The Morgan fingerprint density at radius 2 is 1.68 bits per heavy atom. The maximum Gasteiger partial charge on any atom is 0.264 e. The second kappa shape index (κ2) is 8.66. The molecule has 4 rings (SSSR count). The molecule has 1 heterocycles. The van der Waals surface area contributed by atoms with Gasteiger partial charge in [0.25, 0.3) is 10.0 Å². The maximum atomic E-state index is 13.3. The number of halogens is 2. The van der Waals surface area contributed by atoms with E-state index in [0.29, 0.717) is 27.2 Å². The van der Waals surface area contributed by atoms with Gasteiger partial charge in [-0.2, -0.15) is 0 Å². The fraction of sp³-hybridized carbons (Fsp3) is 0.0952. The highest BCUT2D eigenvalue weighted by Crippen LogP contribution is 2.34. The Bertz CT molecular complexity index is 1230. The molecule has 1 amide bonds. The van der Waals surface area contributed by atoms with E-state index >= 15 is 0 Å². The van der Waals surface area contributed by atoms with Crippen LogP contribution in [-0.2, 0) is 14.8 Å². The van der Waals surface area contributed by atoms with Crippen LogP contribution in [0.1, 0.15) is 0 Å². The molecule has 1 N–H and O–H groups in total. The Labute approximate surface area is 189 Å². The highest BCUT2D eigenvalue weighted by atomic mass is 35.5. The van der Waals surface area contributed by atoms with Crippen molar-refractivity contribution in [3.8, 4) is 11.5 Å². The molecule has 1 aliphatic rings. The molecule has 0 bridgehead atoms. The van der Waals surface area contributed by atoms with E-state index in [2.05, 4.69) is 5.32 Å². The molecule has 0 aromatic heterocycles. The van der Waals surface area contributed by atoms with Crippen molar-refractivity contribution in [3.63, 3.8) is 0 Å². The lowest BCUT2D eigenvalue weighted by molar-refractivity contribution is -0.114. The van der Waals surface area contributed by atoms with E-state index in [1.807, 2.05) is 0 Å². The first-order valence-electron chi connectivity index (χ1n) is 9.06. The first-order chi connectivity index (χ1) is 14.8. The molecule has 0 spiro atoms. The van der Waals surface area contributed by atoms with Crippen molar-refractivity contribution < 1.29 is 22.7 Å². The van der Waals surface area contributed by atoms with Gasteiger partial charge in [0.05, 0.1) is 10.6 Å². The number of carbonyl (C=O) groups excluding carboxylic acids is 1. The lowest BCUT2D eigenvalue weighted by atomic mass is 10.2. The number of ether oxygens (including phenoxy) is 2. The van der Waals surface area contributed by atoms with Crippen molar-refractivity contribution in [2.24, 2.45) is 0 Å². The van der Waals surface area contributed by atoms with Crippen LogP contribution < -0.4 is 19.1 Å². The van der Waals surface area contributed by atoms with Crippen molar-refractivity contribution in [2.45, 2.75) is 4.90 Å². The van der Waals surface area contributed by atoms with Crippen LogP contribution in [0, 0.1) is 0 Å². The van der Waals surface area contributed by atoms with Gasteiger partial charge in [0.2, 0.25) is 12.7 Å². The molecule has 0 saturated carbocycles. The maximum absolute atomic E-state index is 13.3. The third-order valence-corrected chi connectivity index (χ3v) is 6.72. The smallest absolute Gasteiger partial charge is 0.264 e. The summed E-state index contributed by atoms with van der Waals surface area (Å²) in [6.45, 7) is -0.367. The number of fused-ring (bicyclic) bond motifs is 1. The van der Waals surface area contributed by atoms with Gasteiger partial charge >= 0.3 is 0 Å². The zero-order chi connectivity index (χ0) is 22.0. The van der Waals surface area contributed by atoms with Crippen LogP contribution in [0.2, 0.25) is 10.0 Å². The molecule has 3 aromatic rings. The van der Waals surface area contributed by atoms with Gasteiger partial charge in [-0.3, -0.25) is 9.10 Å². The number of rotatable bonds is 6. The Balaban J connectivity index is 1.63. The molecular weight excluding hydrogens is 463 g/mol. The molecule has 0 saturated heterocycles. The molecule has 1 aliphatic heterocycles. The lowest BCUT2D eigenvalue weighted by Gasteiger charge is -2.24. The number of amides is 1. The topological polar surface area (TPSA) is 84.9 Å². The minimum absolute atomic E-state index is 0.00671. The molecule has 10 heteroatoms. The Morgan fingerprint density at radius 3 is 2.42 bits per heavy atom. The summed E-state index contributed by atoms with van der Waals surface area (Å²) in [5.41, 5.74) is 0.701. The van der Waals surface area contributed by atoms with E-state index in [0.717, 1.165) is 4.31 Å². The molecule has 0 radical (unpaired) electrons. The Hall–Kier alpha value is -2.94. The van der Waals surface area contributed by atoms with Crippen LogP contribution >= 0.6 is 23.2 Å². The van der Waals surface area contributed by atoms with Crippen LogP contribution in [0.25, 0.3) is 0 Å². The largest absolute Gasteiger partial charge is 0.454 e. The van der Waals surface area contributed by atoms with Crippen molar-refractivity contribution in [1.29, 1.82) is 0 Å². The summed E-state index contributed by atoms with van der Waals surface area (Å²) >= 11 is 11.9. The van der Waals surface area contributed by atoms with E-state index in [9.17, 15) is 13.2 Å². The molecule has 3 aromatic carbocycles. The number of hydrogen-bond acceptors (Lipinski definition) is 5. The summed E-state index contributed by atoms with van der Waals surface area (Å²) in [4.78, 5) is 12.8. The monoisotopic (exact) mass is 478 g/mol. The van der Waals surface area contributed by atoms with E-state index in [-0.39, 0.29) is 17.4 Å². The van der Waals surface area contributed by atoms with Gasteiger partial charge in [0, 0.05) is 21.8 Å². The van der Waals surface area contributed by atoms with Crippen LogP contribution in [0.4, 0.5) is 11.4 Å². The van der Waals surface area contributed by atoms with Crippen molar-refractivity contribution in [1.82, 2.24) is 0 Å². The summed E-state index contributed by atoms with van der Waals surface area (Å²) in [6, 6.07) is 16.9. The minimum Gasteiger partial charge on any atom is -0.454 e. The highest BCUT2D eigenvalue weighted by molar-refractivity contribution is 7.92. The molecule has 0 fully saturated rings. The van der Waals surface area contributed by atoms with Crippen molar-refractivity contribution in [3.05, 3.63) is 76.8 Å². The van der Waals surface area contributed by atoms with Crippen molar-refractivity contribution >= 4 is 50.5 Å². The first-order valence-corrected chi connectivity index (χ1v) is 11.3. The van der Waals surface area contributed by atoms with Crippen LogP contribution in [-0.4, -0.2) is 27.7 Å². The van der Waals surface area contributed by atoms with Gasteiger partial charge in [0.1, 0.15) is 6.54 Å². The number of anilines is 2. The van der Waals surface area contributed by atoms with Crippen LogP contribution in [0.5, 0.6) is 11.5 Å². The van der Waals surface area contributed by atoms with E-state index in [4.69, 9.17) is 32.7 Å². The number of carbonyl (C=O) groups is 1.